The lowest BCUT2D eigenvalue weighted by Gasteiger charge is -2.55. The highest BCUT2D eigenvalue weighted by Crippen LogP contribution is 2.57. The minimum Gasteiger partial charge on any atom is -0.347 e. The quantitative estimate of drug-likeness (QED) is 0.469. The van der Waals surface area contributed by atoms with Crippen LogP contribution in [0.2, 0.25) is 0 Å². The third-order valence-electron chi connectivity index (χ3n) is 7.44. The molecule has 1 heterocycles. The van der Waals surface area contributed by atoms with Gasteiger partial charge in [-0.05, 0) is 87.0 Å². The molecule has 5 aliphatic rings. The average molecular weight is 527 g/mol. The first-order valence-electron chi connectivity index (χ1n) is 11.6. The first-order valence-corrected chi connectivity index (χ1v) is 13.3. The Labute approximate surface area is 204 Å². The van der Waals surface area contributed by atoms with Gasteiger partial charge in [-0.3, -0.25) is 9.79 Å². The van der Waals surface area contributed by atoms with E-state index in [9.17, 15) is 4.79 Å². The van der Waals surface area contributed by atoms with Crippen LogP contribution in [-0.4, -0.2) is 39.9 Å². The van der Waals surface area contributed by atoms with E-state index in [1.54, 1.807) is 0 Å². The number of hydrogen-bond donors (Lipinski definition) is 1. The van der Waals surface area contributed by atoms with E-state index in [4.69, 9.17) is 4.99 Å². The van der Waals surface area contributed by atoms with Crippen molar-refractivity contribution in [3.8, 4) is 0 Å². The molecule has 6 rings (SSSR count). The van der Waals surface area contributed by atoms with Gasteiger partial charge in [0.15, 0.2) is 5.17 Å². The van der Waals surface area contributed by atoms with Gasteiger partial charge in [0, 0.05) is 34.9 Å². The van der Waals surface area contributed by atoms with Crippen molar-refractivity contribution in [1.29, 1.82) is 0 Å². The Hall–Kier alpha value is -0.720. The Morgan fingerprint density at radius 3 is 2.35 bits per heavy atom. The van der Waals surface area contributed by atoms with Crippen LogP contribution in [0, 0.1) is 17.8 Å². The summed E-state index contributed by atoms with van der Waals surface area (Å²) in [6.07, 6.45) is 9.89. The topological polar surface area (TPSA) is 44.7 Å². The van der Waals surface area contributed by atoms with E-state index in [0.717, 1.165) is 46.6 Å². The summed E-state index contributed by atoms with van der Waals surface area (Å²) >= 11 is 5.33. The molecule has 4 nitrogen and oxygen atoms in total. The molecule has 1 N–H and O–H groups in total. The van der Waals surface area contributed by atoms with Gasteiger partial charge in [-0.1, -0.05) is 34.6 Å². The van der Waals surface area contributed by atoms with Crippen LogP contribution in [0.1, 0.15) is 58.3 Å². The van der Waals surface area contributed by atoms with Crippen LogP contribution in [-0.2, 0) is 4.79 Å². The van der Waals surface area contributed by atoms with Gasteiger partial charge < -0.3 is 10.2 Å². The van der Waals surface area contributed by atoms with Crippen LogP contribution in [0.15, 0.2) is 33.7 Å². The Bertz CT molecular complexity index is 795. The number of aliphatic imine (C=N–C) groups is 1. The van der Waals surface area contributed by atoms with Crippen molar-refractivity contribution in [3.05, 3.63) is 28.7 Å². The monoisotopic (exact) mass is 525 g/mol. The van der Waals surface area contributed by atoms with Crippen LogP contribution < -0.4 is 5.32 Å². The van der Waals surface area contributed by atoms with Crippen molar-refractivity contribution in [2.45, 2.75) is 69.9 Å². The number of rotatable bonds is 6. The van der Waals surface area contributed by atoms with Crippen molar-refractivity contribution in [1.82, 2.24) is 4.90 Å². The summed E-state index contributed by atoms with van der Waals surface area (Å²) < 4.78 is 1.02. The molecule has 1 aromatic carbocycles. The van der Waals surface area contributed by atoms with Crippen molar-refractivity contribution in [2.75, 3.05) is 17.6 Å². The summed E-state index contributed by atoms with van der Waals surface area (Å²) in [5.74, 6) is 3.82. The highest BCUT2D eigenvalue weighted by Gasteiger charge is 2.51. The van der Waals surface area contributed by atoms with Gasteiger partial charge in [0.1, 0.15) is 0 Å². The molecule has 5 fully saturated rings. The molecule has 7 heteroatoms. The number of carbonyl (C=O) groups is 1. The second kappa shape index (κ2) is 9.64. The van der Waals surface area contributed by atoms with E-state index >= 15 is 0 Å². The number of nitrogens with one attached hydrogen (secondary N) is 1. The molecule has 0 aromatic heterocycles. The van der Waals surface area contributed by atoms with Crippen molar-refractivity contribution >= 4 is 56.9 Å². The molecule has 4 bridgehead atoms. The zero-order chi connectivity index (χ0) is 20.7. The molecule has 1 atom stereocenters. The smallest absolute Gasteiger partial charge is 0.226 e. The van der Waals surface area contributed by atoms with Crippen LogP contribution in [0.25, 0.3) is 0 Å². The molecule has 1 unspecified atom stereocenters. The lowest BCUT2D eigenvalue weighted by Crippen LogP contribution is -2.50. The summed E-state index contributed by atoms with van der Waals surface area (Å²) in [6, 6.07) is 8.05. The summed E-state index contributed by atoms with van der Waals surface area (Å²) in [5.41, 5.74) is 1.07. The first kappa shape index (κ1) is 23.4. The minimum atomic E-state index is 0. The van der Waals surface area contributed by atoms with Crippen molar-refractivity contribution in [2.24, 2.45) is 22.7 Å². The fraction of sp³-hybridized carbons (Fsp3) is 0.667. The normalized spacial score (nSPS) is 34.8. The van der Waals surface area contributed by atoms with Crippen LogP contribution in [0.4, 0.5) is 5.69 Å². The molecule has 4 aliphatic carbocycles. The molecule has 31 heavy (non-hydrogen) atoms. The van der Waals surface area contributed by atoms with Crippen molar-refractivity contribution < 1.29 is 4.79 Å². The third kappa shape index (κ3) is 5.11. The number of amidine groups is 1. The van der Waals surface area contributed by atoms with Gasteiger partial charge in [0.25, 0.3) is 0 Å². The summed E-state index contributed by atoms with van der Waals surface area (Å²) in [4.78, 5) is 20.7. The number of benzene rings is 1. The van der Waals surface area contributed by atoms with Gasteiger partial charge in [0.2, 0.25) is 5.91 Å². The maximum atomic E-state index is 12.7. The summed E-state index contributed by atoms with van der Waals surface area (Å²) in [6.45, 7) is 3.22. The molecule has 1 amide bonds. The van der Waals surface area contributed by atoms with Crippen LogP contribution >= 0.6 is 40.1 Å². The number of hydrogen-bond acceptors (Lipinski definition) is 3. The second-order valence-electron chi connectivity index (χ2n) is 9.95. The van der Waals surface area contributed by atoms with Crippen molar-refractivity contribution in [3.63, 3.8) is 0 Å². The number of anilines is 1. The molecule has 4 saturated carbocycles. The second-order valence-corrected chi connectivity index (χ2v) is 11.9. The maximum absolute atomic E-state index is 12.7. The Balaban J connectivity index is 0.00000231. The van der Waals surface area contributed by atoms with Gasteiger partial charge in [-0.2, -0.15) is 0 Å². The number of halogens is 2. The Morgan fingerprint density at radius 1 is 1.16 bits per heavy atom. The van der Waals surface area contributed by atoms with Gasteiger partial charge in [-0.15, -0.1) is 12.4 Å². The number of amides is 1. The van der Waals surface area contributed by atoms with E-state index in [0.29, 0.717) is 6.42 Å². The predicted octanol–water partition coefficient (Wildman–Crippen LogP) is 6.35. The lowest BCUT2D eigenvalue weighted by atomic mass is 9.53. The fourth-order valence-electron chi connectivity index (χ4n) is 6.65. The first-order chi connectivity index (χ1) is 14.5. The lowest BCUT2D eigenvalue weighted by molar-refractivity contribution is -0.116. The van der Waals surface area contributed by atoms with E-state index in [2.05, 4.69) is 33.1 Å². The molecule has 170 valence electrons. The number of carbonyl (C=O) groups excluding carboxylic acids is 1. The zero-order valence-corrected chi connectivity index (χ0v) is 21.4. The highest BCUT2D eigenvalue weighted by atomic mass is 79.9. The maximum Gasteiger partial charge on any atom is 0.226 e. The van der Waals surface area contributed by atoms with Gasteiger partial charge in [-0.25, -0.2) is 0 Å². The minimum absolute atomic E-state index is 0. The molecular formula is C24H33BrClN3OS. The summed E-state index contributed by atoms with van der Waals surface area (Å²) in [7, 11) is 0. The number of thioether (sulfide) groups is 1. The van der Waals surface area contributed by atoms with E-state index < -0.39 is 0 Å². The average Bonchev–Trinajstić information content (AvgIpc) is 3.03. The van der Waals surface area contributed by atoms with Crippen LogP contribution in [0.5, 0.6) is 0 Å². The van der Waals surface area contributed by atoms with Gasteiger partial charge in [0.05, 0.1) is 5.54 Å². The van der Waals surface area contributed by atoms with Crippen LogP contribution in [0.3, 0.4) is 0 Å². The van der Waals surface area contributed by atoms with E-state index in [1.807, 2.05) is 36.0 Å². The third-order valence-corrected chi connectivity index (χ3v) is 9.11. The summed E-state index contributed by atoms with van der Waals surface area (Å²) in [5, 5.41) is 4.29. The van der Waals surface area contributed by atoms with E-state index in [-0.39, 0.29) is 29.9 Å². The SMILES string of the molecule is CCCN1C(=NC23CC4CC(CC(C4)C2)C3)SCC1CC(=O)Nc1ccc(Br)cc1.Cl. The molecule has 1 aliphatic heterocycles. The van der Waals surface area contributed by atoms with Gasteiger partial charge >= 0.3 is 0 Å². The number of nitrogens with zero attached hydrogens (tertiary/aromatic N) is 2. The largest absolute Gasteiger partial charge is 0.347 e. The Kier molecular flexibility index (Phi) is 7.29. The molecule has 0 spiro atoms. The molecule has 1 saturated heterocycles. The zero-order valence-electron chi connectivity index (χ0n) is 18.2. The highest BCUT2D eigenvalue weighted by molar-refractivity contribution is 9.10. The molecule has 0 radical (unpaired) electrons. The Morgan fingerprint density at radius 2 is 1.77 bits per heavy atom. The molecule has 1 aromatic rings. The molecular weight excluding hydrogens is 494 g/mol. The standard InChI is InChI=1S/C24H32BrN3OS.ClH/c1-2-7-28-21(11-22(29)26-20-5-3-19(25)4-6-20)15-30-23(28)27-24-12-16-8-17(13-24)10-18(9-16)14-24;/h3-6,16-18,21H,2,7-15H2,1H3,(H,26,29);1H. The van der Waals surface area contributed by atoms with E-state index in [1.165, 1.54) is 43.7 Å². The predicted molar refractivity (Wildman–Crippen MR) is 136 cm³/mol. The fourth-order valence-corrected chi connectivity index (χ4v) is 8.22.